The largest absolute Gasteiger partial charge is 0.393 e. The van der Waals surface area contributed by atoms with Gasteiger partial charge in [-0.2, -0.15) is 0 Å². The molecule has 3 N–H and O–H groups in total. The van der Waals surface area contributed by atoms with Gasteiger partial charge in [0.15, 0.2) is 5.79 Å². The number of nitrogens with one attached hydrogen (secondary N) is 2. The predicted octanol–water partition coefficient (Wildman–Crippen LogP) is 6.82. The summed E-state index contributed by atoms with van der Waals surface area (Å²) in [6.07, 6.45) is 8.27. The summed E-state index contributed by atoms with van der Waals surface area (Å²) in [6, 6.07) is 8.77. The van der Waals surface area contributed by atoms with Crippen LogP contribution in [0.25, 0.3) is 0 Å². The van der Waals surface area contributed by atoms with Gasteiger partial charge in [-0.1, -0.05) is 56.2 Å². The number of hydrogen-bond acceptors (Lipinski definition) is 4. The molecule has 1 aromatic rings. The number of hydrogen-bond donors (Lipinski definition) is 3. The molecular weight excluding hydrogens is 512 g/mol. The monoisotopic (exact) mass is 564 g/mol. The van der Waals surface area contributed by atoms with E-state index in [0.717, 1.165) is 57.3 Å². The zero-order chi connectivity index (χ0) is 29.2. The zero-order valence-electron chi connectivity index (χ0n) is 26.1. The van der Waals surface area contributed by atoms with E-state index in [1.807, 2.05) is 20.8 Å². The van der Waals surface area contributed by atoms with Gasteiger partial charge in [0, 0.05) is 36.3 Å². The summed E-state index contributed by atoms with van der Waals surface area (Å²) in [5.74, 6) is 1.58. The summed E-state index contributed by atoms with van der Waals surface area (Å²) < 4.78 is 13.0. The van der Waals surface area contributed by atoms with Crippen LogP contribution >= 0.6 is 0 Å². The molecule has 0 radical (unpaired) electrons. The number of allylic oxidation sites excluding steroid dienone is 2. The van der Waals surface area contributed by atoms with E-state index in [1.165, 1.54) is 18.4 Å². The maximum absolute atomic E-state index is 12.3. The lowest BCUT2D eigenvalue weighted by Gasteiger charge is -2.55. The first-order valence-corrected chi connectivity index (χ1v) is 16.1. The molecule has 4 fully saturated rings. The highest BCUT2D eigenvalue weighted by atomic mass is 16.7. The minimum Gasteiger partial charge on any atom is -0.393 e. The molecule has 3 saturated carbocycles. The highest BCUT2D eigenvalue weighted by molar-refractivity contribution is 5.74. The highest BCUT2D eigenvalue weighted by Gasteiger charge is 2.57. The number of amides is 2. The molecule has 1 aromatic carbocycles. The van der Waals surface area contributed by atoms with Crippen molar-refractivity contribution in [2.45, 2.75) is 123 Å². The Bertz CT molecular complexity index is 1170. The molecule has 1 spiro atoms. The van der Waals surface area contributed by atoms with Crippen LogP contribution in [0.3, 0.4) is 0 Å². The number of aliphatic hydroxyl groups excluding tert-OH is 1. The molecule has 5 aliphatic rings. The Hall–Kier alpha value is -1.89. The van der Waals surface area contributed by atoms with Crippen molar-refractivity contribution in [2.75, 3.05) is 13.2 Å². The van der Waals surface area contributed by atoms with Gasteiger partial charge in [0.25, 0.3) is 0 Å². The second-order valence-corrected chi connectivity index (χ2v) is 16.0. The van der Waals surface area contributed by atoms with Gasteiger partial charge < -0.3 is 25.2 Å². The Morgan fingerprint density at radius 2 is 1.71 bits per heavy atom. The van der Waals surface area contributed by atoms with E-state index in [-0.39, 0.29) is 28.5 Å². The minimum atomic E-state index is -0.409. The fourth-order valence-corrected chi connectivity index (χ4v) is 8.93. The molecule has 6 rings (SSSR count). The molecule has 6 nitrogen and oxygen atoms in total. The molecule has 1 aliphatic heterocycles. The number of benzene rings is 1. The van der Waals surface area contributed by atoms with Crippen LogP contribution in [-0.4, -0.2) is 41.8 Å². The van der Waals surface area contributed by atoms with Gasteiger partial charge in [0.05, 0.1) is 19.3 Å². The average molecular weight is 565 g/mol. The van der Waals surface area contributed by atoms with Crippen LogP contribution in [0.5, 0.6) is 0 Å². The van der Waals surface area contributed by atoms with Gasteiger partial charge >= 0.3 is 6.03 Å². The maximum atomic E-state index is 12.3. The smallest absolute Gasteiger partial charge is 0.315 e. The Balaban J connectivity index is 1.26. The minimum absolute atomic E-state index is 0.0332. The molecule has 226 valence electrons. The number of urea groups is 1. The third-order valence-electron chi connectivity index (χ3n) is 11.1. The summed E-state index contributed by atoms with van der Waals surface area (Å²) in [7, 11) is 0. The molecular formula is C35H52N2O4. The van der Waals surface area contributed by atoms with Crippen molar-refractivity contribution in [1.29, 1.82) is 0 Å². The highest BCUT2D eigenvalue weighted by Crippen LogP contribution is 2.65. The fraction of sp³-hybridized carbons (Fsp3) is 0.743. The van der Waals surface area contributed by atoms with Gasteiger partial charge in [0.2, 0.25) is 0 Å². The van der Waals surface area contributed by atoms with Crippen LogP contribution in [0, 0.1) is 28.6 Å². The third-order valence-corrected chi connectivity index (χ3v) is 11.1. The first-order valence-electron chi connectivity index (χ1n) is 16.1. The summed E-state index contributed by atoms with van der Waals surface area (Å²) >= 11 is 0. The first-order chi connectivity index (χ1) is 19.3. The molecule has 41 heavy (non-hydrogen) atoms. The van der Waals surface area contributed by atoms with Crippen molar-refractivity contribution in [3.05, 3.63) is 46.5 Å². The molecule has 1 saturated heterocycles. The Morgan fingerprint density at radius 3 is 2.39 bits per heavy atom. The molecule has 0 aromatic heterocycles. The molecule has 0 bridgehead atoms. The zero-order valence-corrected chi connectivity index (χ0v) is 26.1. The number of aliphatic hydroxyl groups is 1. The SMILES string of the molecule is CC1(C)COC2(CCC3=C4C(c5ccc(CNC(=O)NC(C)(C)C)cc5)CC5(C)C(O)CCC5C4CCC3C2)OC1. The van der Waals surface area contributed by atoms with Gasteiger partial charge in [-0.25, -0.2) is 4.79 Å². The molecule has 6 atom stereocenters. The lowest BCUT2D eigenvalue weighted by Crippen LogP contribution is -2.52. The van der Waals surface area contributed by atoms with E-state index in [0.29, 0.717) is 30.2 Å². The van der Waals surface area contributed by atoms with Crippen molar-refractivity contribution in [3.63, 3.8) is 0 Å². The predicted molar refractivity (Wildman–Crippen MR) is 161 cm³/mol. The Kier molecular flexibility index (Phi) is 7.39. The third kappa shape index (κ3) is 5.61. The van der Waals surface area contributed by atoms with E-state index in [4.69, 9.17) is 9.47 Å². The van der Waals surface area contributed by atoms with Crippen molar-refractivity contribution in [1.82, 2.24) is 10.6 Å². The number of fused-ring (bicyclic) bond motifs is 4. The number of carbonyl (C=O) groups is 1. The quantitative estimate of drug-likeness (QED) is 0.352. The number of rotatable bonds is 3. The summed E-state index contributed by atoms with van der Waals surface area (Å²) in [5, 5.41) is 17.2. The van der Waals surface area contributed by atoms with Crippen molar-refractivity contribution in [2.24, 2.45) is 28.6 Å². The van der Waals surface area contributed by atoms with E-state index in [9.17, 15) is 9.90 Å². The lowest BCUT2D eigenvalue weighted by atomic mass is 9.52. The molecule has 1 heterocycles. The average Bonchev–Trinajstić information content (AvgIpc) is 3.22. The Morgan fingerprint density at radius 1 is 1.00 bits per heavy atom. The maximum Gasteiger partial charge on any atom is 0.315 e. The molecule has 2 amide bonds. The van der Waals surface area contributed by atoms with Crippen LogP contribution in [0.1, 0.15) is 110 Å². The topological polar surface area (TPSA) is 79.8 Å². The summed E-state index contributed by atoms with van der Waals surface area (Å²) in [4.78, 5) is 12.3. The van der Waals surface area contributed by atoms with E-state index >= 15 is 0 Å². The second-order valence-electron chi connectivity index (χ2n) is 16.0. The van der Waals surface area contributed by atoms with E-state index in [1.54, 1.807) is 11.1 Å². The van der Waals surface area contributed by atoms with Crippen LogP contribution < -0.4 is 10.6 Å². The van der Waals surface area contributed by atoms with Crippen LogP contribution in [0.4, 0.5) is 4.79 Å². The molecule has 6 heteroatoms. The van der Waals surface area contributed by atoms with Crippen molar-refractivity contribution in [3.8, 4) is 0 Å². The summed E-state index contributed by atoms with van der Waals surface area (Å²) in [5.41, 5.74) is 5.62. The molecule has 6 unspecified atom stereocenters. The molecule has 4 aliphatic carbocycles. The number of carbonyl (C=O) groups excluding carboxylic acids is 1. The van der Waals surface area contributed by atoms with Crippen molar-refractivity contribution < 1.29 is 19.4 Å². The van der Waals surface area contributed by atoms with Gasteiger partial charge in [-0.05, 0) is 93.6 Å². The van der Waals surface area contributed by atoms with Crippen molar-refractivity contribution >= 4 is 6.03 Å². The van der Waals surface area contributed by atoms with E-state index < -0.39 is 5.79 Å². The fourth-order valence-electron chi connectivity index (χ4n) is 8.93. The lowest BCUT2D eigenvalue weighted by molar-refractivity contribution is -0.312. The van der Waals surface area contributed by atoms with Crippen LogP contribution in [-0.2, 0) is 16.0 Å². The van der Waals surface area contributed by atoms with Crippen LogP contribution in [0.15, 0.2) is 35.4 Å². The summed E-state index contributed by atoms with van der Waals surface area (Å²) in [6.45, 7) is 14.8. The van der Waals surface area contributed by atoms with Gasteiger partial charge in [0.1, 0.15) is 0 Å². The normalized spacial score (nSPS) is 35.8. The van der Waals surface area contributed by atoms with Gasteiger partial charge in [-0.15, -0.1) is 0 Å². The van der Waals surface area contributed by atoms with Crippen LogP contribution in [0.2, 0.25) is 0 Å². The number of ether oxygens (including phenoxy) is 2. The van der Waals surface area contributed by atoms with Gasteiger partial charge in [-0.3, -0.25) is 0 Å². The first kappa shape index (κ1) is 29.2. The standard InChI is InChI=1S/C35H52N2O4/c1-32(2,3)37-31(39)36-19-22-7-9-23(10-8-22)27-18-34(6)28(13-14-29(34)38)26-12-11-24-17-35(16-15-25(24)30(26)27)40-20-33(4,5)21-41-35/h7-10,24,26-29,38H,11-21H2,1-6H3,(H2,36,37,39). The second kappa shape index (κ2) is 10.4. The van der Waals surface area contributed by atoms with E-state index in [2.05, 4.69) is 55.7 Å². The Labute approximate surface area is 247 Å².